The van der Waals surface area contributed by atoms with E-state index in [9.17, 15) is 23.7 Å². The lowest BCUT2D eigenvalue weighted by Gasteiger charge is -2.22. The van der Waals surface area contributed by atoms with Crippen LogP contribution in [0.5, 0.6) is 0 Å². The fourth-order valence-corrected chi connectivity index (χ4v) is 3.84. The summed E-state index contributed by atoms with van der Waals surface area (Å²) in [6.07, 6.45) is -4.15. The number of hydrogen-bond donors (Lipinski definition) is 5. The molecular formula is C25H28N4O6S. The highest BCUT2D eigenvalue weighted by Gasteiger charge is 2.30. The molecule has 0 aliphatic heterocycles. The van der Waals surface area contributed by atoms with Crippen molar-refractivity contribution >= 4 is 33.4 Å². The van der Waals surface area contributed by atoms with E-state index in [0.29, 0.717) is 11.4 Å². The van der Waals surface area contributed by atoms with Gasteiger partial charge in [-0.15, -0.1) is 0 Å². The smallest absolute Gasteiger partial charge is 0.297 e. The third-order valence-electron chi connectivity index (χ3n) is 4.98. The summed E-state index contributed by atoms with van der Waals surface area (Å²) in [7, 11) is -4.17. The Morgan fingerprint density at radius 3 is 2.03 bits per heavy atom. The Labute approximate surface area is 209 Å². The van der Waals surface area contributed by atoms with Gasteiger partial charge in [-0.2, -0.15) is 18.6 Å². The van der Waals surface area contributed by atoms with Crippen LogP contribution in [0.1, 0.15) is 5.56 Å². The first kappa shape index (κ1) is 27.0. The molecule has 0 radical (unpaired) electrons. The van der Waals surface area contributed by atoms with Gasteiger partial charge in [0.05, 0.1) is 29.1 Å². The predicted molar refractivity (Wildman–Crippen MR) is 138 cm³/mol. The minimum atomic E-state index is -4.17. The number of hydrogen-bond acceptors (Lipinski definition) is 10. The van der Waals surface area contributed by atoms with Crippen LogP contribution < -0.4 is 10.9 Å². The van der Waals surface area contributed by atoms with E-state index in [-0.39, 0.29) is 10.6 Å². The molecular weight excluding hydrogens is 484 g/mol. The average Bonchev–Trinajstić information content (AvgIpc) is 2.90. The molecule has 3 atom stereocenters. The van der Waals surface area contributed by atoms with E-state index in [1.165, 1.54) is 18.3 Å². The lowest BCUT2D eigenvalue weighted by Crippen LogP contribution is -2.45. The predicted octanol–water partition coefficient (Wildman–Crippen LogP) is 2.35. The molecule has 5 N–H and O–H groups in total. The number of aliphatic hydroxyl groups is 3. The highest BCUT2D eigenvalue weighted by molar-refractivity contribution is 7.86. The third kappa shape index (κ3) is 7.97. The fraction of sp³-hybridized carbons (Fsp3) is 0.200. The number of rotatable bonds is 12. The van der Waals surface area contributed by atoms with Gasteiger partial charge in [-0.1, -0.05) is 54.1 Å². The molecule has 0 aliphatic carbocycles. The number of aliphatic hydroxyl groups excluding tert-OH is 3. The SMILES string of the molecule is Cc1ccc(S(=O)(=O)OC[C@H](O)[C@H](O)[C@H](O)C(/C=N\Nc2ccccc2)=N/Nc2ccccc2)cc1. The second-order valence-corrected chi connectivity index (χ2v) is 9.42. The lowest BCUT2D eigenvalue weighted by molar-refractivity contribution is -0.0497. The molecule has 3 rings (SSSR count). The fourth-order valence-electron chi connectivity index (χ4n) is 2.92. The highest BCUT2D eigenvalue weighted by atomic mass is 32.2. The number of para-hydroxylation sites is 2. The Morgan fingerprint density at radius 2 is 1.44 bits per heavy atom. The second-order valence-electron chi connectivity index (χ2n) is 7.80. The Balaban J connectivity index is 1.69. The van der Waals surface area contributed by atoms with Crippen LogP contribution in [0.15, 0.2) is 100 Å². The number of nitrogens with zero attached hydrogens (tertiary/aromatic N) is 2. The summed E-state index contributed by atoms with van der Waals surface area (Å²) >= 11 is 0. The topological polar surface area (TPSA) is 153 Å². The van der Waals surface area contributed by atoms with Gasteiger partial charge in [0.15, 0.2) is 0 Å². The van der Waals surface area contributed by atoms with Gasteiger partial charge in [0, 0.05) is 0 Å². The van der Waals surface area contributed by atoms with Crippen molar-refractivity contribution in [1.29, 1.82) is 0 Å². The van der Waals surface area contributed by atoms with E-state index < -0.39 is 35.0 Å². The maximum absolute atomic E-state index is 12.4. The molecule has 11 heteroatoms. The zero-order valence-electron chi connectivity index (χ0n) is 19.5. The summed E-state index contributed by atoms with van der Waals surface area (Å²) < 4.78 is 29.6. The van der Waals surface area contributed by atoms with Crippen molar-refractivity contribution in [3.63, 3.8) is 0 Å². The first-order valence-electron chi connectivity index (χ1n) is 11.0. The van der Waals surface area contributed by atoms with Crippen molar-refractivity contribution in [3.05, 3.63) is 90.5 Å². The lowest BCUT2D eigenvalue weighted by atomic mass is 10.0. The monoisotopic (exact) mass is 512 g/mol. The minimum absolute atomic E-state index is 0.0937. The molecule has 10 nitrogen and oxygen atoms in total. The normalized spacial score (nSPS) is 14.8. The Bertz CT molecular complexity index is 1250. The van der Waals surface area contributed by atoms with E-state index in [2.05, 4.69) is 21.1 Å². The standard InChI is InChI=1S/C25H28N4O6S/c1-18-12-14-21(15-13-18)36(33,34)35-17-23(30)25(32)24(31)22(29-28-20-10-6-3-7-11-20)16-26-27-19-8-4-2-5-9-19/h2-16,23-25,27-28,30-32H,17H2,1H3/b26-16-,29-22+/t23-,24+,25-/m0/s1. The van der Waals surface area contributed by atoms with E-state index in [0.717, 1.165) is 5.56 Å². The summed E-state index contributed by atoms with van der Waals surface area (Å²) in [4.78, 5) is -0.0937. The number of anilines is 2. The van der Waals surface area contributed by atoms with E-state index in [4.69, 9.17) is 4.18 Å². The van der Waals surface area contributed by atoms with Crippen LogP contribution in [0.4, 0.5) is 11.4 Å². The molecule has 0 amide bonds. The first-order valence-corrected chi connectivity index (χ1v) is 12.4. The van der Waals surface area contributed by atoms with Crippen LogP contribution in [0, 0.1) is 6.92 Å². The molecule has 0 aliphatic rings. The van der Waals surface area contributed by atoms with Gasteiger partial charge in [-0.05, 0) is 43.3 Å². The zero-order chi connectivity index (χ0) is 26.0. The zero-order valence-corrected chi connectivity index (χ0v) is 20.3. The van der Waals surface area contributed by atoms with Crippen molar-refractivity contribution in [2.45, 2.75) is 30.1 Å². The molecule has 0 saturated carbocycles. The largest absolute Gasteiger partial charge is 0.388 e. The number of benzene rings is 3. The van der Waals surface area contributed by atoms with Crippen molar-refractivity contribution < 1.29 is 27.9 Å². The van der Waals surface area contributed by atoms with Crippen molar-refractivity contribution in [3.8, 4) is 0 Å². The molecule has 190 valence electrons. The van der Waals surface area contributed by atoms with Crippen LogP contribution in [0.2, 0.25) is 0 Å². The molecule has 0 unspecified atom stereocenters. The van der Waals surface area contributed by atoms with Gasteiger partial charge in [0.2, 0.25) is 0 Å². The summed E-state index contributed by atoms with van der Waals surface area (Å²) in [5, 5.41) is 39.7. The van der Waals surface area contributed by atoms with E-state index >= 15 is 0 Å². The van der Waals surface area contributed by atoms with Crippen molar-refractivity contribution in [2.75, 3.05) is 17.5 Å². The van der Waals surface area contributed by atoms with Gasteiger partial charge in [0.25, 0.3) is 10.1 Å². The Hall–Kier alpha value is -3.61. The molecule has 3 aromatic rings. The van der Waals surface area contributed by atoms with Gasteiger partial charge < -0.3 is 15.3 Å². The molecule has 0 saturated heterocycles. The van der Waals surface area contributed by atoms with Crippen LogP contribution in [0.3, 0.4) is 0 Å². The second kappa shape index (κ2) is 12.9. The van der Waals surface area contributed by atoms with Crippen LogP contribution in [-0.4, -0.2) is 60.6 Å². The highest BCUT2D eigenvalue weighted by Crippen LogP contribution is 2.15. The third-order valence-corrected chi connectivity index (χ3v) is 6.27. The molecule has 0 bridgehead atoms. The molecule has 36 heavy (non-hydrogen) atoms. The van der Waals surface area contributed by atoms with E-state index in [1.54, 1.807) is 48.5 Å². The number of nitrogens with one attached hydrogen (secondary N) is 2. The number of hydrazone groups is 2. The maximum Gasteiger partial charge on any atom is 0.297 e. The molecule has 0 fully saturated rings. The quantitative estimate of drug-likeness (QED) is 0.141. The number of aryl methyl sites for hydroxylation is 1. The summed E-state index contributed by atoms with van der Waals surface area (Å²) in [6.45, 7) is 1.02. The molecule has 3 aromatic carbocycles. The van der Waals surface area contributed by atoms with Gasteiger partial charge >= 0.3 is 0 Å². The molecule has 0 heterocycles. The van der Waals surface area contributed by atoms with Crippen molar-refractivity contribution in [1.82, 2.24) is 0 Å². The van der Waals surface area contributed by atoms with Crippen LogP contribution >= 0.6 is 0 Å². The van der Waals surface area contributed by atoms with Crippen molar-refractivity contribution in [2.24, 2.45) is 10.2 Å². The Kier molecular flexibility index (Phi) is 9.68. The maximum atomic E-state index is 12.4. The van der Waals surface area contributed by atoms with Gasteiger partial charge in [-0.3, -0.25) is 15.0 Å². The summed E-state index contributed by atoms with van der Waals surface area (Å²) in [5.74, 6) is 0. The Morgan fingerprint density at radius 1 is 0.889 bits per heavy atom. The van der Waals surface area contributed by atoms with Crippen LogP contribution in [0.25, 0.3) is 0 Å². The van der Waals surface area contributed by atoms with Gasteiger partial charge in [0.1, 0.15) is 24.0 Å². The first-order chi connectivity index (χ1) is 17.3. The summed E-state index contributed by atoms with van der Waals surface area (Å²) in [5.41, 5.74) is 7.52. The molecule has 0 aromatic heterocycles. The average molecular weight is 513 g/mol. The minimum Gasteiger partial charge on any atom is -0.388 e. The van der Waals surface area contributed by atoms with Crippen LogP contribution in [-0.2, 0) is 14.3 Å². The molecule has 0 spiro atoms. The van der Waals surface area contributed by atoms with E-state index in [1.807, 2.05) is 31.2 Å². The summed E-state index contributed by atoms with van der Waals surface area (Å²) in [6, 6.07) is 23.8. The van der Waals surface area contributed by atoms with Gasteiger partial charge in [-0.25, -0.2) is 0 Å².